The van der Waals surface area contributed by atoms with Crippen molar-refractivity contribution in [2.24, 2.45) is 0 Å². The Bertz CT molecular complexity index is 949. The van der Waals surface area contributed by atoms with Crippen molar-refractivity contribution in [2.45, 2.75) is 25.3 Å². The van der Waals surface area contributed by atoms with E-state index in [4.69, 9.17) is 0 Å². The van der Waals surface area contributed by atoms with Crippen molar-refractivity contribution in [3.8, 4) is 0 Å². The molecule has 0 saturated heterocycles. The summed E-state index contributed by atoms with van der Waals surface area (Å²) in [6.45, 7) is 0. The van der Waals surface area contributed by atoms with Gasteiger partial charge in [0.2, 0.25) is 0 Å². The molecular formula is C20H18F2N2O. The highest BCUT2D eigenvalue weighted by Gasteiger charge is 2.28. The number of amides is 1. The zero-order valence-corrected chi connectivity index (χ0v) is 13.9. The van der Waals surface area contributed by atoms with E-state index in [0.29, 0.717) is 29.3 Å². The van der Waals surface area contributed by atoms with Crippen molar-refractivity contribution in [1.29, 1.82) is 0 Å². The second kappa shape index (κ2) is 5.99. The van der Waals surface area contributed by atoms with Crippen LogP contribution in [-0.4, -0.2) is 28.9 Å². The van der Waals surface area contributed by atoms with Gasteiger partial charge in [-0.1, -0.05) is 18.2 Å². The standard InChI is InChI=1S/C20H18F2N2O/c1-24(20(25)12-5-3-2-4-6-12)14-7-8-18-15(11-14)16-9-13(21)10-17(22)19(16)23-18/h2-6,9-10,14,23H,7-8,11H2,1H3. The molecule has 2 aromatic carbocycles. The van der Waals surface area contributed by atoms with Gasteiger partial charge in [-0.05, 0) is 43.0 Å². The maximum absolute atomic E-state index is 14.0. The van der Waals surface area contributed by atoms with Crippen LogP contribution in [0.1, 0.15) is 28.0 Å². The van der Waals surface area contributed by atoms with Gasteiger partial charge in [-0.2, -0.15) is 0 Å². The number of aromatic nitrogens is 1. The largest absolute Gasteiger partial charge is 0.356 e. The van der Waals surface area contributed by atoms with Crippen molar-refractivity contribution in [2.75, 3.05) is 7.05 Å². The number of aryl methyl sites for hydroxylation is 1. The fraction of sp³-hybridized carbons (Fsp3) is 0.250. The molecule has 25 heavy (non-hydrogen) atoms. The first-order valence-corrected chi connectivity index (χ1v) is 8.35. The van der Waals surface area contributed by atoms with Crippen LogP contribution in [-0.2, 0) is 12.8 Å². The maximum atomic E-state index is 14.0. The highest BCUT2D eigenvalue weighted by Crippen LogP contribution is 2.32. The number of aromatic amines is 1. The minimum absolute atomic E-state index is 0.00512. The third kappa shape index (κ3) is 2.69. The van der Waals surface area contributed by atoms with Crippen LogP contribution >= 0.6 is 0 Å². The Morgan fingerprint density at radius 2 is 1.96 bits per heavy atom. The molecule has 4 rings (SSSR count). The Morgan fingerprint density at radius 3 is 2.72 bits per heavy atom. The molecule has 128 valence electrons. The number of halogens is 2. The molecule has 1 unspecified atom stereocenters. The molecule has 5 heteroatoms. The monoisotopic (exact) mass is 340 g/mol. The Labute approximate surface area is 144 Å². The first kappa shape index (κ1) is 15.8. The number of carbonyl (C=O) groups is 1. The number of H-pyrrole nitrogens is 1. The molecule has 1 atom stereocenters. The third-order valence-electron chi connectivity index (χ3n) is 5.08. The van der Waals surface area contributed by atoms with Gasteiger partial charge < -0.3 is 9.88 Å². The summed E-state index contributed by atoms with van der Waals surface area (Å²) in [4.78, 5) is 17.5. The minimum Gasteiger partial charge on any atom is -0.356 e. The lowest BCUT2D eigenvalue weighted by atomic mass is 9.90. The van der Waals surface area contributed by atoms with Crippen LogP contribution in [0, 0.1) is 11.6 Å². The van der Waals surface area contributed by atoms with Gasteiger partial charge in [0.05, 0.1) is 5.52 Å². The van der Waals surface area contributed by atoms with E-state index in [9.17, 15) is 13.6 Å². The summed E-state index contributed by atoms with van der Waals surface area (Å²) in [5.74, 6) is -1.19. The molecule has 0 fully saturated rings. The molecule has 1 heterocycles. The molecule has 0 bridgehead atoms. The van der Waals surface area contributed by atoms with Gasteiger partial charge in [0.15, 0.2) is 0 Å². The van der Waals surface area contributed by atoms with Gasteiger partial charge >= 0.3 is 0 Å². The number of hydrogen-bond acceptors (Lipinski definition) is 1. The zero-order chi connectivity index (χ0) is 17.6. The lowest BCUT2D eigenvalue weighted by molar-refractivity contribution is 0.0719. The number of likely N-dealkylation sites (N-methyl/N-ethyl adjacent to an activating group) is 1. The fourth-order valence-electron chi connectivity index (χ4n) is 3.70. The van der Waals surface area contributed by atoms with E-state index in [2.05, 4.69) is 4.98 Å². The second-order valence-corrected chi connectivity index (χ2v) is 6.57. The maximum Gasteiger partial charge on any atom is 0.253 e. The van der Waals surface area contributed by atoms with E-state index in [1.807, 2.05) is 18.2 Å². The van der Waals surface area contributed by atoms with E-state index in [0.717, 1.165) is 23.7 Å². The average Bonchev–Trinajstić information content (AvgIpc) is 2.99. The summed E-state index contributed by atoms with van der Waals surface area (Å²) in [5.41, 5.74) is 2.85. The smallest absolute Gasteiger partial charge is 0.253 e. The number of rotatable bonds is 2. The molecule has 0 saturated carbocycles. The molecule has 0 radical (unpaired) electrons. The van der Waals surface area contributed by atoms with Gasteiger partial charge in [-0.15, -0.1) is 0 Å². The number of nitrogens with one attached hydrogen (secondary N) is 1. The van der Waals surface area contributed by atoms with Crippen LogP contribution in [0.2, 0.25) is 0 Å². The number of hydrogen-bond donors (Lipinski definition) is 1. The molecule has 3 nitrogen and oxygen atoms in total. The lowest BCUT2D eigenvalue weighted by Gasteiger charge is -2.31. The summed E-state index contributed by atoms with van der Waals surface area (Å²) >= 11 is 0. The summed E-state index contributed by atoms with van der Waals surface area (Å²) in [5, 5.41) is 0.581. The number of benzene rings is 2. The molecule has 1 aromatic heterocycles. The van der Waals surface area contributed by atoms with Gasteiger partial charge in [0.1, 0.15) is 11.6 Å². The van der Waals surface area contributed by atoms with E-state index in [-0.39, 0.29) is 11.9 Å². The fourth-order valence-corrected chi connectivity index (χ4v) is 3.70. The van der Waals surface area contributed by atoms with Crippen molar-refractivity contribution in [3.05, 3.63) is 70.9 Å². The van der Waals surface area contributed by atoms with Crippen LogP contribution in [0.15, 0.2) is 42.5 Å². The third-order valence-corrected chi connectivity index (χ3v) is 5.08. The highest BCUT2D eigenvalue weighted by atomic mass is 19.1. The van der Waals surface area contributed by atoms with E-state index in [1.54, 1.807) is 24.1 Å². The first-order valence-electron chi connectivity index (χ1n) is 8.35. The Hall–Kier alpha value is -2.69. The molecule has 1 aliphatic rings. The van der Waals surface area contributed by atoms with Crippen LogP contribution in [0.25, 0.3) is 10.9 Å². The molecule has 0 spiro atoms. The van der Waals surface area contributed by atoms with Crippen molar-refractivity contribution >= 4 is 16.8 Å². The normalized spacial score (nSPS) is 16.7. The Kier molecular flexibility index (Phi) is 3.79. The van der Waals surface area contributed by atoms with Crippen molar-refractivity contribution in [3.63, 3.8) is 0 Å². The number of carbonyl (C=O) groups excluding carboxylic acids is 1. The molecule has 1 N–H and O–H groups in total. The van der Waals surface area contributed by atoms with Crippen molar-refractivity contribution in [1.82, 2.24) is 9.88 Å². The zero-order valence-electron chi connectivity index (χ0n) is 13.9. The predicted molar refractivity (Wildman–Crippen MR) is 92.6 cm³/mol. The Morgan fingerprint density at radius 1 is 1.20 bits per heavy atom. The quantitative estimate of drug-likeness (QED) is 0.750. The van der Waals surface area contributed by atoms with Gasteiger partial charge in [-0.25, -0.2) is 8.78 Å². The van der Waals surface area contributed by atoms with Crippen LogP contribution in [0.5, 0.6) is 0 Å². The first-order chi connectivity index (χ1) is 12.0. The van der Waals surface area contributed by atoms with Gasteiger partial charge in [0, 0.05) is 35.8 Å². The molecule has 1 aliphatic carbocycles. The summed E-state index contributed by atoms with van der Waals surface area (Å²) < 4.78 is 27.6. The number of nitrogens with zero attached hydrogens (tertiary/aromatic N) is 1. The lowest BCUT2D eigenvalue weighted by Crippen LogP contribution is -2.40. The molecular weight excluding hydrogens is 322 g/mol. The summed E-state index contributed by atoms with van der Waals surface area (Å²) in [6, 6.07) is 11.4. The minimum atomic E-state index is -0.581. The summed E-state index contributed by atoms with van der Waals surface area (Å²) in [7, 11) is 1.79. The number of fused-ring (bicyclic) bond motifs is 3. The Balaban J connectivity index is 1.65. The summed E-state index contributed by atoms with van der Waals surface area (Å²) in [6.07, 6.45) is 2.09. The predicted octanol–water partition coefficient (Wildman–Crippen LogP) is 4.08. The van der Waals surface area contributed by atoms with Gasteiger partial charge in [0.25, 0.3) is 5.91 Å². The second-order valence-electron chi connectivity index (χ2n) is 6.57. The topological polar surface area (TPSA) is 36.1 Å². The van der Waals surface area contributed by atoms with E-state index in [1.165, 1.54) is 6.07 Å². The molecule has 3 aromatic rings. The van der Waals surface area contributed by atoms with Crippen molar-refractivity contribution < 1.29 is 13.6 Å². The molecule has 1 amide bonds. The van der Waals surface area contributed by atoms with Gasteiger partial charge in [-0.3, -0.25) is 4.79 Å². The molecule has 0 aliphatic heterocycles. The van der Waals surface area contributed by atoms with Crippen LogP contribution in [0.3, 0.4) is 0 Å². The van der Waals surface area contributed by atoms with Crippen LogP contribution < -0.4 is 0 Å². The van der Waals surface area contributed by atoms with E-state index >= 15 is 0 Å². The average molecular weight is 340 g/mol. The van der Waals surface area contributed by atoms with E-state index < -0.39 is 11.6 Å². The highest BCUT2D eigenvalue weighted by molar-refractivity contribution is 5.94. The van der Waals surface area contributed by atoms with Crippen LogP contribution in [0.4, 0.5) is 8.78 Å². The SMILES string of the molecule is CN(C(=O)c1ccccc1)C1CCc2[nH]c3c(F)cc(F)cc3c2C1.